The zero-order chi connectivity index (χ0) is 24.7. The van der Waals surface area contributed by atoms with Crippen LogP contribution < -0.4 is 19.3 Å². The number of methoxy groups -OCH3 is 1. The van der Waals surface area contributed by atoms with E-state index in [9.17, 15) is 19.2 Å². The normalized spacial score (nSPS) is 26.2. The number of carbonyl (C=O) groups is 4. The molecule has 2 saturated heterocycles. The van der Waals surface area contributed by atoms with Crippen molar-refractivity contribution in [3.8, 4) is 11.5 Å². The molecule has 182 valence electrons. The molecule has 0 aromatic heterocycles. The molecular weight excluding hydrogens is 448 g/mol. The van der Waals surface area contributed by atoms with Crippen molar-refractivity contribution in [2.24, 2.45) is 23.7 Å². The van der Waals surface area contributed by atoms with Crippen molar-refractivity contribution in [1.29, 1.82) is 0 Å². The summed E-state index contributed by atoms with van der Waals surface area (Å²) < 4.78 is 10.7. The number of benzene rings is 2. The SMILES string of the molecule is COc1cccc(N2C[C@@H](C(=O)Oc3ccc(N4C(=O)[C@H]5C[C@H](C)CC[C@H]5C4=O)cc3)CC2=O)c1. The van der Waals surface area contributed by atoms with Crippen LogP contribution in [0.25, 0.3) is 0 Å². The first-order valence-electron chi connectivity index (χ1n) is 12.0. The molecule has 0 spiro atoms. The summed E-state index contributed by atoms with van der Waals surface area (Å²) >= 11 is 0. The first kappa shape index (κ1) is 23.1. The lowest BCUT2D eigenvalue weighted by Crippen LogP contribution is -2.30. The number of esters is 1. The number of hydrogen-bond acceptors (Lipinski definition) is 6. The van der Waals surface area contributed by atoms with Crippen molar-refractivity contribution in [3.05, 3.63) is 48.5 Å². The standard InChI is InChI=1S/C27H28N2O6/c1-16-6-11-22-23(12-16)26(32)29(25(22)31)18-7-9-20(10-8-18)35-27(33)17-13-24(30)28(15-17)19-4-3-5-21(14-19)34-2/h3-5,7-10,14,16-17,22-23H,6,11-13,15H2,1-2H3/t16-,17+,22-,23+/m1/s1. The van der Waals surface area contributed by atoms with Crippen LogP contribution in [0.15, 0.2) is 48.5 Å². The predicted octanol–water partition coefficient (Wildman–Crippen LogP) is 3.58. The molecule has 2 aromatic carbocycles. The Hall–Kier alpha value is -3.68. The zero-order valence-electron chi connectivity index (χ0n) is 19.8. The number of hydrogen-bond donors (Lipinski definition) is 0. The van der Waals surface area contributed by atoms with Crippen LogP contribution in [0.4, 0.5) is 11.4 Å². The summed E-state index contributed by atoms with van der Waals surface area (Å²) in [5.74, 6) is -0.627. The van der Waals surface area contributed by atoms with Crippen LogP contribution in [0, 0.1) is 23.7 Å². The molecule has 2 aromatic rings. The average molecular weight is 477 g/mol. The van der Waals surface area contributed by atoms with Crippen LogP contribution in [0.1, 0.15) is 32.6 Å². The lowest BCUT2D eigenvalue weighted by molar-refractivity contribution is -0.139. The van der Waals surface area contributed by atoms with Gasteiger partial charge in [0.15, 0.2) is 0 Å². The van der Waals surface area contributed by atoms with Gasteiger partial charge in [0.2, 0.25) is 17.7 Å². The molecule has 0 unspecified atom stereocenters. The van der Waals surface area contributed by atoms with Crippen molar-refractivity contribution in [2.45, 2.75) is 32.6 Å². The third-order valence-electron chi connectivity index (χ3n) is 7.32. The monoisotopic (exact) mass is 476 g/mol. The Balaban J connectivity index is 1.24. The Labute approximate surface area is 203 Å². The van der Waals surface area contributed by atoms with E-state index in [1.807, 2.05) is 0 Å². The first-order valence-corrected chi connectivity index (χ1v) is 12.0. The molecule has 0 bridgehead atoms. The number of anilines is 2. The second-order valence-corrected chi connectivity index (χ2v) is 9.66. The van der Waals surface area contributed by atoms with Gasteiger partial charge in [0.25, 0.3) is 0 Å². The fourth-order valence-electron chi connectivity index (χ4n) is 5.40. The molecule has 0 N–H and O–H groups in total. The summed E-state index contributed by atoms with van der Waals surface area (Å²) in [5, 5.41) is 0. The van der Waals surface area contributed by atoms with Crippen LogP contribution in [-0.4, -0.2) is 37.3 Å². The van der Waals surface area contributed by atoms with Crippen molar-refractivity contribution in [3.63, 3.8) is 0 Å². The van der Waals surface area contributed by atoms with Gasteiger partial charge < -0.3 is 14.4 Å². The van der Waals surface area contributed by atoms with E-state index >= 15 is 0 Å². The van der Waals surface area contributed by atoms with Gasteiger partial charge in [0.1, 0.15) is 11.5 Å². The lowest BCUT2D eigenvalue weighted by atomic mass is 9.76. The highest BCUT2D eigenvalue weighted by Gasteiger charge is 2.50. The average Bonchev–Trinajstić information content (AvgIpc) is 3.37. The van der Waals surface area contributed by atoms with Crippen molar-refractivity contribution < 1.29 is 28.7 Å². The van der Waals surface area contributed by atoms with Gasteiger partial charge in [-0.2, -0.15) is 0 Å². The molecule has 3 amide bonds. The summed E-state index contributed by atoms with van der Waals surface area (Å²) in [6.07, 6.45) is 2.51. The van der Waals surface area contributed by atoms with Gasteiger partial charge in [0, 0.05) is 24.7 Å². The molecule has 0 radical (unpaired) electrons. The highest BCUT2D eigenvalue weighted by Crippen LogP contribution is 2.42. The number of nitrogens with zero attached hydrogens (tertiary/aromatic N) is 2. The number of fused-ring (bicyclic) bond motifs is 1. The smallest absolute Gasteiger partial charge is 0.316 e. The molecule has 35 heavy (non-hydrogen) atoms. The van der Waals surface area contributed by atoms with Gasteiger partial charge >= 0.3 is 5.97 Å². The van der Waals surface area contributed by atoms with Gasteiger partial charge in [-0.1, -0.05) is 13.0 Å². The highest BCUT2D eigenvalue weighted by molar-refractivity contribution is 6.22. The molecule has 4 atom stereocenters. The fourth-order valence-corrected chi connectivity index (χ4v) is 5.40. The van der Waals surface area contributed by atoms with Crippen molar-refractivity contribution in [1.82, 2.24) is 0 Å². The van der Waals surface area contributed by atoms with E-state index in [0.717, 1.165) is 19.3 Å². The van der Waals surface area contributed by atoms with Crippen molar-refractivity contribution in [2.75, 3.05) is 23.5 Å². The molecule has 3 fully saturated rings. The third kappa shape index (κ3) is 4.29. The second-order valence-electron chi connectivity index (χ2n) is 9.66. The van der Waals surface area contributed by atoms with Gasteiger partial charge in [0.05, 0.1) is 30.6 Å². The second kappa shape index (κ2) is 9.17. The molecule has 5 rings (SSSR count). The van der Waals surface area contributed by atoms with Gasteiger partial charge in [-0.15, -0.1) is 0 Å². The lowest BCUT2D eigenvalue weighted by Gasteiger charge is -2.25. The largest absolute Gasteiger partial charge is 0.497 e. The Morgan fingerprint density at radius 3 is 2.40 bits per heavy atom. The number of carbonyl (C=O) groups excluding carboxylic acids is 4. The zero-order valence-corrected chi connectivity index (χ0v) is 19.8. The van der Waals surface area contributed by atoms with Crippen LogP contribution in [0.2, 0.25) is 0 Å². The minimum absolute atomic E-state index is 0.0616. The molecule has 3 aliphatic rings. The van der Waals surface area contributed by atoms with E-state index in [1.54, 1.807) is 60.5 Å². The Bertz CT molecular complexity index is 1180. The minimum atomic E-state index is -0.597. The summed E-state index contributed by atoms with van der Waals surface area (Å²) in [6, 6.07) is 13.5. The van der Waals surface area contributed by atoms with E-state index in [2.05, 4.69) is 6.92 Å². The summed E-state index contributed by atoms with van der Waals surface area (Å²) in [6.45, 7) is 2.34. The number of amides is 3. The highest BCUT2D eigenvalue weighted by atomic mass is 16.5. The topological polar surface area (TPSA) is 93.2 Å². The maximum absolute atomic E-state index is 12.9. The molecule has 2 aliphatic heterocycles. The molecule has 1 aliphatic carbocycles. The summed E-state index contributed by atoms with van der Waals surface area (Å²) in [5.41, 5.74) is 1.16. The minimum Gasteiger partial charge on any atom is -0.497 e. The predicted molar refractivity (Wildman–Crippen MR) is 128 cm³/mol. The molecule has 1 saturated carbocycles. The fraction of sp³-hybridized carbons (Fsp3) is 0.407. The quantitative estimate of drug-likeness (QED) is 0.372. The van der Waals surface area contributed by atoms with Crippen molar-refractivity contribution >= 4 is 35.1 Å². The maximum Gasteiger partial charge on any atom is 0.316 e. The Morgan fingerprint density at radius 2 is 1.66 bits per heavy atom. The van der Waals surface area contributed by atoms with E-state index in [1.165, 1.54) is 4.90 Å². The summed E-state index contributed by atoms with van der Waals surface area (Å²) in [7, 11) is 1.55. The number of imide groups is 1. The molecular formula is C27H28N2O6. The third-order valence-corrected chi connectivity index (χ3v) is 7.32. The van der Waals surface area contributed by atoms with E-state index in [0.29, 0.717) is 28.8 Å². The van der Waals surface area contributed by atoms with Gasteiger partial charge in [-0.05, 0) is 61.6 Å². The van der Waals surface area contributed by atoms with Gasteiger partial charge in [-0.25, -0.2) is 0 Å². The Morgan fingerprint density at radius 1 is 0.914 bits per heavy atom. The number of rotatable bonds is 5. The van der Waals surface area contributed by atoms with E-state index < -0.39 is 11.9 Å². The molecule has 8 heteroatoms. The molecule has 8 nitrogen and oxygen atoms in total. The van der Waals surface area contributed by atoms with E-state index in [4.69, 9.17) is 9.47 Å². The number of ether oxygens (including phenoxy) is 2. The molecule has 2 heterocycles. The first-order chi connectivity index (χ1) is 16.9. The summed E-state index contributed by atoms with van der Waals surface area (Å²) in [4.78, 5) is 53.9. The van der Waals surface area contributed by atoms with Crippen LogP contribution >= 0.6 is 0 Å². The van der Waals surface area contributed by atoms with Gasteiger partial charge in [-0.3, -0.25) is 24.1 Å². The maximum atomic E-state index is 12.9. The van der Waals surface area contributed by atoms with Crippen LogP contribution in [-0.2, 0) is 19.2 Å². The Kier molecular flexibility index (Phi) is 6.05. The van der Waals surface area contributed by atoms with Crippen LogP contribution in [0.5, 0.6) is 11.5 Å². The van der Waals surface area contributed by atoms with E-state index in [-0.39, 0.29) is 42.5 Å². The van der Waals surface area contributed by atoms with Crippen LogP contribution in [0.3, 0.4) is 0 Å².